The van der Waals surface area contributed by atoms with E-state index in [-0.39, 0.29) is 5.78 Å². The van der Waals surface area contributed by atoms with Crippen molar-refractivity contribution in [3.8, 4) is 0 Å². The van der Waals surface area contributed by atoms with E-state index in [0.29, 0.717) is 18.2 Å². The monoisotopic (exact) mass is 272 g/mol. The Balaban J connectivity index is 1.76. The van der Waals surface area contributed by atoms with Crippen LogP contribution in [0, 0.1) is 0 Å². The van der Waals surface area contributed by atoms with E-state index in [1.807, 2.05) is 24.3 Å². The van der Waals surface area contributed by atoms with Crippen molar-refractivity contribution in [1.29, 1.82) is 0 Å². The van der Waals surface area contributed by atoms with Crippen molar-refractivity contribution in [3.05, 3.63) is 36.1 Å². The zero-order chi connectivity index (χ0) is 14.1. The van der Waals surface area contributed by atoms with Crippen LogP contribution in [-0.4, -0.2) is 54.9 Å². The molecule has 4 heteroatoms. The number of carbonyl (C=O) groups is 1. The summed E-state index contributed by atoms with van der Waals surface area (Å²) in [5.41, 5.74) is 1.48. The fourth-order valence-corrected chi connectivity index (χ4v) is 2.88. The van der Waals surface area contributed by atoms with Gasteiger partial charge in [-0.1, -0.05) is 18.2 Å². The molecule has 1 aliphatic rings. The number of carbonyl (C=O) groups excluding carboxylic acids is 1. The third kappa shape index (κ3) is 2.49. The first kappa shape index (κ1) is 13.3. The number of piperazine rings is 1. The average molecular weight is 272 g/mol. The summed E-state index contributed by atoms with van der Waals surface area (Å²) >= 11 is 0. The Labute approximate surface area is 119 Å². The Bertz CT molecular complexity index is 620. The maximum Gasteiger partial charge on any atom is 0.180 e. The molecule has 1 aromatic carbocycles. The molecule has 1 atom stereocenters. The Morgan fingerprint density at radius 2 is 2.15 bits per heavy atom. The minimum atomic E-state index is 0.145. The zero-order valence-corrected chi connectivity index (χ0v) is 12.0. The van der Waals surface area contributed by atoms with Gasteiger partial charge in [-0.25, -0.2) is 0 Å². The molecule has 0 N–H and O–H groups in total. The van der Waals surface area contributed by atoms with Gasteiger partial charge in [-0.05, 0) is 20.0 Å². The van der Waals surface area contributed by atoms with Crippen LogP contribution >= 0.6 is 0 Å². The number of rotatable bonds is 3. The molecule has 1 saturated heterocycles. The zero-order valence-electron chi connectivity index (χ0n) is 12.0. The lowest BCUT2D eigenvalue weighted by molar-refractivity contribution is 0.0748. The van der Waals surface area contributed by atoms with Crippen molar-refractivity contribution in [3.63, 3.8) is 0 Å². The normalized spacial score (nSPS) is 21.4. The molecule has 0 bridgehead atoms. The number of fused-ring (bicyclic) bond motifs is 1. The first-order chi connectivity index (χ1) is 9.65. The molecule has 3 rings (SSSR count). The molecular formula is C16H20N2O2. The molecule has 4 nitrogen and oxygen atoms in total. The highest BCUT2D eigenvalue weighted by Gasteiger charge is 2.24. The fraction of sp³-hybridized carbons (Fsp3) is 0.438. The number of nitrogens with zero attached hydrogens (tertiary/aromatic N) is 2. The third-order valence-electron chi connectivity index (χ3n) is 4.10. The topological polar surface area (TPSA) is 36.7 Å². The molecule has 106 valence electrons. The second-order valence-corrected chi connectivity index (χ2v) is 5.65. The van der Waals surface area contributed by atoms with Gasteiger partial charge in [-0.3, -0.25) is 9.69 Å². The Hall–Kier alpha value is -1.65. The molecule has 1 unspecified atom stereocenters. The second-order valence-electron chi connectivity index (χ2n) is 5.65. The second kappa shape index (κ2) is 5.38. The van der Waals surface area contributed by atoms with Gasteiger partial charge in [0.2, 0.25) is 0 Å². The van der Waals surface area contributed by atoms with Gasteiger partial charge in [0.25, 0.3) is 0 Å². The third-order valence-corrected chi connectivity index (χ3v) is 4.10. The van der Waals surface area contributed by atoms with Crippen LogP contribution in [0.1, 0.15) is 17.3 Å². The SMILES string of the molecule is CC1CN(C)CCN1CC(=O)c1coc2ccccc12. The van der Waals surface area contributed by atoms with Gasteiger partial charge in [-0.15, -0.1) is 0 Å². The summed E-state index contributed by atoms with van der Waals surface area (Å²) in [7, 11) is 2.12. The van der Waals surface area contributed by atoms with E-state index in [1.165, 1.54) is 0 Å². The van der Waals surface area contributed by atoms with E-state index < -0.39 is 0 Å². The molecule has 1 aliphatic heterocycles. The highest BCUT2D eigenvalue weighted by Crippen LogP contribution is 2.21. The van der Waals surface area contributed by atoms with Crippen LogP contribution in [0.25, 0.3) is 11.0 Å². The average Bonchev–Trinajstić information content (AvgIpc) is 2.86. The number of Topliss-reactive ketones (excluding diaryl/α,β-unsaturated/α-hetero) is 1. The van der Waals surface area contributed by atoms with E-state index in [4.69, 9.17) is 4.42 Å². The van der Waals surface area contributed by atoms with Crippen LogP contribution in [0.4, 0.5) is 0 Å². The van der Waals surface area contributed by atoms with Gasteiger partial charge in [0.15, 0.2) is 5.78 Å². The molecule has 2 heterocycles. The van der Waals surface area contributed by atoms with E-state index >= 15 is 0 Å². The van der Waals surface area contributed by atoms with E-state index in [9.17, 15) is 4.79 Å². The van der Waals surface area contributed by atoms with Crippen LogP contribution < -0.4 is 0 Å². The smallest absolute Gasteiger partial charge is 0.180 e. The maximum absolute atomic E-state index is 12.5. The Kier molecular flexibility index (Phi) is 3.59. The number of para-hydroxylation sites is 1. The van der Waals surface area contributed by atoms with Crippen LogP contribution in [0.15, 0.2) is 34.9 Å². The van der Waals surface area contributed by atoms with Crippen LogP contribution in [-0.2, 0) is 0 Å². The fourth-order valence-electron chi connectivity index (χ4n) is 2.88. The summed E-state index contributed by atoms with van der Waals surface area (Å²) in [4.78, 5) is 17.1. The molecular weight excluding hydrogens is 252 g/mol. The number of ketones is 1. The van der Waals surface area contributed by atoms with Gasteiger partial charge in [0.05, 0.1) is 12.1 Å². The Morgan fingerprint density at radius 3 is 2.95 bits per heavy atom. The molecule has 1 aromatic heterocycles. The molecule has 1 fully saturated rings. The first-order valence-electron chi connectivity index (χ1n) is 7.07. The van der Waals surface area contributed by atoms with Crippen molar-refractivity contribution in [2.45, 2.75) is 13.0 Å². The summed E-state index contributed by atoms with van der Waals surface area (Å²) in [6.07, 6.45) is 1.59. The summed E-state index contributed by atoms with van der Waals surface area (Å²) in [5, 5.41) is 0.916. The number of furan rings is 1. The minimum Gasteiger partial charge on any atom is -0.464 e. The predicted octanol–water partition coefficient (Wildman–Crippen LogP) is 2.25. The van der Waals surface area contributed by atoms with E-state index in [1.54, 1.807) is 6.26 Å². The van der Waals surface area contributed by atoms with E-state index in [0.717, 1.165) is 30.6 Å². The molecule has 0 spiro atoms. The first-order valence-corrected chi connectivity index (χ1v) is 7.07. The van der Waals surface area contributed by atoms with Gasteiger partial charge >= 0.3 is 0 Å². The van der Waals surface area contributed by atoms with Crippen molar-refractivity contribution in [2.24, 2.45) is 0 Å². The molecule has 0 saturated carbocycles. The summed E-state index contributed by atoms with van der Waals surface area (Å²) < 4.78 is 5.46. The Morgan fingerprint density at radius 1 is 1.35 bits per heavy atom. The quantitative estimate of drug-likeness (QED) is 0.803. The molecule has 0 amide bonds. The molecule has 0 radical (unpaired) electrons. The summed E-state index contributed by atoms with van der Waals surface area (Å²) in [5.74, 6) is 0.145. The summed E-state index contributed by atoms with van der Waals surface area (Å²) in [6.45, 7) is 5.62. The largest absolute Gasteiger partial charge is 0.464 e. The van der Waals surface area contributed by atoms with Gasteiger partial charge in [0, 0.05) is 31.1 Å². The van der Waals surface area contributed by atoms with Gasteiger partial charge < -0.3 is 9.32 Å². The molecule has 2 aromatic rings. The maximum atomic E-state index is 12.5. The van der Waals surface area contributed by atoms with Crippen molar-refractivity contribution < 1.29 is 9.21 Å². The van der Waals surface area contributed by atoms with E-state index in [2.05, 4.69) is 23.8 Å². The molecule has 20 heavy (non-hydrogen) atoms. The predicted molar refractivity (Wildman–Crippen MR) is 79.1 cm³/mol. The van der Waals surface area contributed by atoms with Crippen molar-refractivity contribution in [1.82, 2.24) is 9.80 Å². The lowest BCUT2D eigenvalue weighted by Gasteiger charge is -2.37. The van der Waals surface area contributed by atoms with Gasteiger partial charge in [-0.2, -0.15) is 0 Å². The minimum absolute atomic E-state index is 0.145. The van der Waals surface area contributed by atoms with Crippen LogP contribution in [0.5, 0.6) is 0 Å². The number of hydrogen-bond acceptors (Lipinski definition) is 4. The lowest BCUT2D eigenvalue weighted by Crippen LogP contribution is -2.51. The molecule has 0 aliphatic carbocycles. The standard InChI is InChI=1S/C16H20N2O2/c1-12-9-17(2)7-8-18(12)10-15(19)14-11-20-16-6-4-3-5-13(14)16/h3-6,11-12H,7-10H2,1-2H3. The number of likely N-dealkylation sites (N-methyl/N-ethyl adjacent to an activating group) is 1. The highest BCUT2D eigenvalue weighted by atomic mass is 16.3. The van der Waals surface area contributed by atoms with Crippen molar-refractivity contribution >= 4 is 16.8 Å². The van der Waals surface area contributed by atoms with Gasteiger partial charge in [0.1, 0.15) is 11.8 Å². The van der Waals surface area contributed by atoms with Crippen LogP contribution in [0.3, 0.4) is 0 Å². The number of hydrogen-bond donors (Lipinski definition) is 0. The number of benzene rings is 1. The lowest BCUT2D eigenvalue weighted by atomic mass is 10.1. The highest BCUT2D eigenvalue weighted by molar-refractivity contribution is 6.08. The van der Waals surface area contributed by atoms with Crippen molar-refractivity contribution in [2.75, 3.05) is 33.2 Å². The summed E-state index contributed by atoms with van der Waals surface area (Å²) in [6, 6.07) is 8.11. The van der Waals surface area contributed by atoms with Crippen LogP contribution in [0.2, 0.25) is 0 Å².